The maximum Gasteiger partial charge on any atom is 0.255 e. The normalized spacial score (nSPS) is 13.8. The molecule has 1 heterocycles. The monoisotopic (exact) mass is 443 g/mol. The van der Waals surface area contributed by atoms with Crippen LogP contribution < -0.4 is 24.8 Å². The van der Waals surface area contributed by atoms with Crippen LogP contribution in [0.25, 0.3) is 0 Å². The first-order valence-electron chi connectivity index (χ1n) is 10.4. The number of hydrogen-bond donors (Lipinski definition) is 2. The quantitative estimate of drug-likeness (QED) is 0.612. The van der Waals surface area contributed by atoms with E-state index in [4.69, 9.17) is 18.9 Å². The highest BCUT2D eigenvalue weighted by atomic mass is 16.5. The Kier molecular flexibility index (Phi) is 8.29. The molecule has 3 rings (SSSR count). The Hall–Kier alpha value is -3.30. The number of nitrogens with zero attached hydrogens (tertiary/aromatic N) is 1. The molecule has 32 heavy (non-hydrogen) atoms. The SMILES string of the molecule is COc1cc(C(=O)Nc2ccccc2C(=O)NCCN2CCOCC2)cc(OC)c1OC. The Bertz CT molecular complexity index is 918. The van der Waals surface area contributed by atoms with Crippen molar-refractivity contribution in [3.8, 4) is 17.2 Å². The van der Waals surface area contributed by atoms with Gasteiger partial charge in [-0.3, -0.25) is 14.5 Å². The highest BCUT2D eigenvalue weighted by molar-refractivity contribution is 6.09. The summed E-state index contributed by atoms with van der Waals surface area (Å²) in [5.41, 5.74) is 1.10. The zero-order valence-corrected chi connectivity index (χ0v) is 18.6. The summed E-state index contributed by atoms with van der Waals surface area (Å²) in [5, 5.41) is 5.73. The van der Waals surface area contributed by atoms with Crippen LogP contribution in [0.3, 0.4) is 0 Å². The van der Waals surface area contributed by atoms with E-state index in [0.29, 0.717) is 53.8 Å². The van der Waals surface area contributed by atoms with Crippen molar-refractivity contribution in [2.75, 3.05) is 66.0 Å². The fraction of sp³-hybridized carbons (Fsp3) is 0.391. The van der Waals surface area contributed by atoms with Gasteiger partial charge in [-0.25, -0.2) is 0 Å². The van der Waals surface area contributed by atoms with E-state index in [1.54, 1.807) is 36.4 Å². The van der Waals surface area contributed by atoms with Crippen molar-refractivity contribution >= 4 is 17.5 Å². The van der Waals surface area contributed by atoms with Crippen LogP contribution in [-0.4, -0.2) is 77.4 Å². The van der Waals surface area contributed by atoms with Gasteiger partial charge in [-0.2, -0.15) is 0 Å². The van der Waals surface area contributed by atoms with Gasteiger partial charge in [-0.05, 0) is 24.3 Å². The van der Waals surface area contributed by atoms with Gasteiger partial charge in [0.25, 0.3) is 11.8 Å². The zero-order valence-electron chi connectivity index (χ0n) is 18.6. The van der Waals surface area contributed by atoms with Gasteiger partial charge in [0, 0.05) is 31.7 Å². The van der Waals surface area contributed by atoms with Gasteiger partial charge in [-0.1, -0.05) is 12.1 Å². The zero-order chi connectivity index (χ0) is 22.9. The lowest BCUT2D eigenvalue weighted by molar-refractivity contribution is 0.0383. The second-order valence-corrected chi connectivity index (χ2v) is 7.12. The van der Waals surface area contributed by atoms with E-state index in [1.807, 2.05) is 0 Å². The summed E-state index contributed by atoms with van der Waals surface area (Å²) in [4.78, 5) is 27.9. The number of morpholine rings is 1. The van der Waals surface area contributed by atoms with Crippen molar-refractivity contribution in [1.82, 2.24) is 10.2 Å². The fourth-order valence-electron chi connectivity index (χ4n) is 3.44. The van der Waals surface area contributed by atoms with E-state index in [-0.39, 0.29) is 5.91 Å². The maximum absolute atomic E-state index is 12.9. The number of amides is 2. The summed E-state index contributed by atoms with van der Waals surface area (Å²) in [6.07, 6.45) is 0. The van der Waals surface area contributed by atoms with Crippen LogP contribution >= 0.6 is 0 Å². The largest absolute Gasteiger partial charge is 0.493 e. The summed E-state index contributed by atoms with van der Waals surface area (Å²) in [5.74, 6) is 0.473. The molecule has 1 fully saturated rings. The molecular formula is C23H29N3O6. The van der Waals surface area contributed by atoms with E-state index in [9.17, 15) is 9.59 Å². The van der Waals surface area contributed by atoms with Crippen LogP contribution in [0.4, 0.5) is 5.69 Å². The summed E-state index contributed by atoms with van der Waals surface area (Å²) < 4.78 is 21.3. The van der Waals surface area contributed by atoms with E-state index >= 15 is 0 Å². The molecular weight excluding hydrogens is 414 g/mol. The third-order valence-corrected chi connectivity index (χ3v) is 5.16. The van der Waals surface area contributed by atoms with Crippen molar-refractivity contribution < 1.29 is 28.5 Å². The Morgan fingerprint density at radius 3 is 2.25 bits per heavy atom. The number of benzene rings is 2. The molecule has 1 saturated heterocycles. The van der Waals surface area contributed by atoms with Crippen LogP contribution in [0.2, 0.25) is 0 Å². The minimum atomic E-state index is -0.405. The molecule has 2 N–H and O–H groups in total. The molecule has 0 aliphatic carbocycles. The van der Waals surface area contributed by atoms with Crippen molar-refractivity contribution in [3.63, 3.8) is 0 Å². The highest BCUT2D eigenvalue weighted by Gasteiger charge is 2.19. The van der Waals surface area contributed by atoms with Crippen LogP contribution in [0.1, 0.15) is 20.7 Å². The molecule has 9 heteroatoms. The maximum atomic E-state index is 12.9. The van der Waals surface area contributed by atoms with Gasteiger partial charge >= 0.3 is 0 Å². The van der Waals surface area contributed by atoms with Crippen LogP contribution in [0.15, 0.2) is 36.4 Å². The molecule has 0 radical (unpaired) electrons. The van der Waals surface area contributed by atoms with Gasteiger partial charge in [0.15, 0.2) is 11.5 Å². The Balaban J connectivity index is 1.70. The molecule has 2 aromatic carbocycles. The molecule has 1 aliphatic heterocycles. The van der Waals surface area contributed by atoms with Crippen LogP contribution in [0.5, 0.6) is 17.2 Å². The van der Waals surface area contributed by atoms with Gasteiger partial charge in [-0.15, -0.1) is 0 Å². The Labute approximate surface area is 187 Å². The van der Waals surface area contributed by atoms with E-state index in [0.717, 1.165) is 19.6 Å². The van der Waals surface area contributed by atoms with E-state index in [2.05, 4.69) is 15.5 Å². The lowest BCUT2D eigenvalue weighted by Gasteiger charge is -2.26. The third kappa shape index (κ3) is 5.68. The Morgan fingerprint density at radius 2 is 1.62 bits per heavy atom. The number of anilines is 1. The summed E-state index contributed by atoms with van der Waals surface area (Å²) in [7, 11) is 4.46. The Morgan fingerprint density at radius 1 is 0.969 bits per heavy atom. The molecule has 0 saturated carbocycles. The number of methoxy groups -OCH3 is 3. The predicted molar refractivity (Wildman–Crippen MR) is 120 cm³/mol. The number of ether oxygens (including phenoxy) is 4. The minimum Gasteiger partial charge on any atom is -0.493 e. The molecule has 9 nitrogen and oxygen atoms in total. The van der Waals surface area contributed by atoms with Crippen molar-refractivity contribution in [1.29, 1.82) is 0 Å². The first-order chi connectivity index (χ1) is 15.6. The average molecular weight is 444 g/mol. The molecule has 2 amide bonds. The molecule has 0 unspecified atom stereocenters. The van der Waals surface area contributed by atoms with Gasteiger partial charge < -0.3 is 29.6 Å². The summed E-state index contributed by atoms with van der Waals surface area (Å²) >= 11 is 0. The summed E-state index contributed by atoms with van der Waals surface area (Å²) in [6.45, 7) is 4.39. The average Bonchev–Trinajstić information content (AvgIpc) is 2.83. The van der Waals surface area contributed by atoms with Crippen molar-refractivity contribution in [2.24, 2.45) is 0 Å². The predicted octanol–water partition coefficient (Wildman–Crippen LogP) is 2.03. The fourth-order valence-corrected chi connectivity index (χ4v) is 3.44. The number of rotatable bonds is 9. The van der Waals surface area contributed by atoms with Crippen LogP contribution in [-0.2, 0) is 4.74 Å². The number of carbonyl (C=O) groups excluding carboxylic acids is 2. The number of nitrogens with one attached hydrogen (secondary N) is 2. The molecule has 0 atom stereocenters. The topological polar surface area (TPSA) is 98.4 Å². The lowest BCUT2D eigenvalue weighted by atomic mass is 10.1. The first-order valence-corrected chi connectivity index (χ1v) is 10.4. The minimum absolute atomic E-state index is 0.251. The number of hydrogen-bond acceptors (Lipinski definition) is 7. The molecule has 0 spiro atoms. The van der Waals surface area contributed by atoms with E-state index < -0.39 is 5.91 Å². The van der Waals surface area contributed by atoms with Gasteiger partial charge in [0.2, 0.25) is 5.75 Å². The summed E-state index contributed by atoms with van der Waals surface area (Å²) in [6, 6.07) is 9.99. The van der Waals surface area contributed by atoms with Gasteiger partial charge in [0.1, 0.15) is 0 Å². The second-order valence-electron chi connectivity index (χ2n) is 7.12. The molecule has 2 aromatic rings. The lowest BCUT2D eigenvalue weighted by Crippen LogP contribution is -2.41. The number of carbonyl (C=O) groups is 2. The third-order valence-electron chi connectivity index (χ3n) is 5.16. The van der Waals surface area contributed by atoms with Crippen molar-refractivity contribution in [3.05, 3.63) is 47.5 Å². The molecule has 0 aromatic heterocycles. The van der Waals surface area contributed by atoms with Crippen molar-refractivity contribution in [2.45, 2.75) is 0 Å². The standard InChI is InChI=1S/C23H29N3O6/c1-29-19-14-16(15-20(30-2)21(19)31-3)22(27)25-18-7-5-4-6-17(18)23(28)24-8-9-26-10-12-32-13-11-26/h4-7,14-15H,8-13H2,1-3H3,(H,24,28)(H,25,27). The molecule has 0 bridgehead atoms. The van der Waals surface area contributed by atoms with E-state index in [1.165, 1.54) is 21.3 Å². The molecule has 1 aliphatic rings. The molecule has 172 valence electrons. The second kappa shape index (κ2) is 11.4. The number of para-hydroxylation sites is 1. The van der Waals surface area contributed by atoms with Crippen LogP contribution in [0, 0.1) is 0 Å². The smallest absolute Gasteiger partial charge is 0.255 e. The first kappa shape index (κ1) is 23.4. The highest BCUT2D eigenvalue weighted by Crippen LogP contribution is 2.38. The van der Waals surface area contributed by atoms with Gasteiger partial charge in [0.05, 0.1) is 45.8 Å².